The summed E-state index contributed by atoms with van der Waals surface area (Å²) >= 11 is 5.76. The van der Waals surface area contributed by atoms with Crippen LogP contribution in [0.1, 0.15) is 36.2 Å². The molecule has 0 radical (unpaired) electrons. The Balaban J connectivity index is 1.53. The van der Waals surface area contributed by atoms with Gasteiger partial charge in [-0.25, -0.2) is 14.4 Å². The van der Waals surface area contributed by atoms with Crippen LogP contribution in [0.5, 0.6) is 5.88 Å². The van der Waals surface area contributed by atoms with Crippen molar-refractivity contribution >= 4 is 34.0 Å². The SMILES string of the molecule is O=C(Nc1ccc2c(OCC3CCCC3)nccc2c1)c1nc(Cl)ccc1F. The van der Waals surface area contributed by atoms with Crippen LogP contribution in [0.3, 0.4) is 0 Å². The molecule has 28 heavy (non-hydrogen) atoms. The van der Waals surface area contributed by atoms with Crippen LogP contribution in [0.4, 0.5) is 10.1 Å². The quantitative estimate of drug-likeness (QED) is 0.595. The van der Waals surface area contributed by atoms with Crippen molar-refractivity contribution in [2.45, 2.75) is 25.7 Å². The number of amides is 1. The molecule has 4 rings (SSSR count). The van der Waals surface area contributed by atoms with E-state index in [0.717, 1.165) is 16.8 Å². The molecule has 1 aliphatic rings. The number of ether oxygens (including phenoxy) is 1. The largest absolute Gasteiger partial charge is 0.477 e. The van der Waals surface area contributed by atoms with Gasteiger partial charge in [0.25, 0.3) is 5.91 Å². The lowest BCUT2D eigenvalue weighted by atomic mass is 10.1. The number of hydrogen-bond donors (Lipinski definition) is 1. The predicted octanol–water partition coefficient (Wildman–Crippen LogP) is 5.24. The Morgan fingerprint density at radius 1 is 1.21 bits per heavy atom. The maximum Gasteiger partial charge on any atom is 0.277 e. The first-order valence-electron chi connectivity index (χ1n) is 9.25. The summed E-state index contributed by atoms with van der Waals surface area (Å²) in [6.45, 7) is 0.671. The highest BCUT2D eigenvalue weighted by atomic mass is 35.5. The fourth-order valence-electron chi connectivity index (χ4n) is 3.48. The first-order valence-corrected chi connectivity index (χ1v) is 9.63. The van der Waals surface area contributed by atoms with Gasteiger partial charge in [-0.1, -0.05) is 24.4 Å². The number of nitrogens with zero attached hydrogens (tertiary/aromatic N) is 2. The lowest BCUT2D eigenvalue weighted by Crippen LogP contribution is -2.15. The van der Waals surface area contributed by atoms with Gasteiger partial charge in [0.2, 0.25) is 5.88 Å². The van der Waals surface area contributed by atoms with E-state index in [1.54, 1.807) is 18.3 Å². The van der Waals surface area contributed by atoms with Crippen LogP contribution in [-0.4, -0.2) is 22.5 Å². The van der Waals surface area contributed by atoms with Crippen LogP contribution in [0.2, 0.25) is 5.15 Å². The van der Waals surface area contributed by atoms with E-state index < -0.39 is 11.7 Å². The molecule has 1 fully saturated rings. The predicted molar refractivity (Wildman–Crippen MR) is 106 cm³/mol. The zero-order chi connectivity index (χ0) is 19.5. The average molecular weight is 400 g/mol. The minimum absolute atomic E-state index is 0.0557. The Kier molecular flexibility index (Phi) is 5.39. The van der Waals surface area contributed by atoms with Gasteiger partial charge < -0.3 is 10.1 Å². The van der Waals surface area contributed by atoms with E-state index in [1.165, 1.54) is 31.7 Å². The Hall–Kier alpha value is -2.73. The second kappa shape index (κ2) is 8.10. The molecule has 0 bridgehead atoms. The van der Waals surface area contributed by atoms with Crippen molar-refractivity contribution in [3.05, 3.63) is 59.3 Å². The van der Waals surface area contributed by atoms with Gasteiger partial charge in [0.1, 0.15) is 5.15 Å². The van der Waals surface area contributed by atoms with E-state index in [0.29, 0.717) is 24.1 Å². The highest BCUT2D eigenvalue weighted by Gasteiger charge is 2.17. The normalized spacial score (nSPS) is 14.4. The van der Waals surface area contributed by atoms with Crippen LogP contribution < -0.4 is 10.1 Å². The summed E-state index contributed by atoms with van der Waals surface area (Å²) in [4.78, 5) is 20.4. The Labute approximate surface area is 166 Å². The van der Waals surface area contributed by atoms with Crippen molar-refractivity contribution in [3.63, 3.8) is 0 Å². The zero-order valence-electron chi connectivity index (χ0n) is 15.1. The number of halogens is 2. The Morgan fingerprint density at radius 2 is 2.04 bits per heavy atom. The third-order valence-electron chi connectivity index (χ3n) is 4.94. The van der Waals surface area contributed by atoms with Gasteiger partial charge in [-0.2, -0.15) is 0 Å². The topological polar surface area (TPSA) is 64.1 Å². The van der Waals surface area contributed by atoms with Crippen molar-refractivity contribution in [2.24, 2.45) is 5.92 Å². The molecule has 144 valence electrons. The number of pyridine rings is 2. The van der Waals surface area contributed by atoms with Gasteiger partial charge in [0, 0.05) is 17.3 Å². The van der Waals surface area contributed by atoms with E-state index in [9.17, 15) is 9.18 Å². The van der Waals surface area contributed by atoms with Crippen molar-refractivity contribution in [1.29, 1.82) is 0 Å². The summed E-state index contributed by atoms with van der Waals surface area (Å²) in [7, 11) is 0. The number of benzene rings is 1. The molecule has 7 heteroatoms. The van der Waals surface area contributed by atoms with Gasteiger partial charge in [0.15, 0.2) is 11.5 Å². The number of fused-ring (bicyclic) bond motifs is 1. The standard InChI is InChI=1S/C21H19ClFN3O2/c22-18-8-7-17(23)19(26-18)20(27)25-15-5-6-16-14(11-15)9-10-24-21(16)28-12-13-3-1-2-4-13/h5-11,13H,1-4,12H2,(H,25,27). The highest BCUT2D eigenvalue weighted by Crippen LogP contribution is 2.29. The zero-order valence-corrected chi connectivity index (χ0v) is 15.9. The number of nitrogens with one attached hydrogen (secondary N) is 1. The molecule has 5 nitrogen and oxygen atoms in total. The number of anilines is 1. The fraction of sp³-hybridized carbons (Fsp3) is 0.286. The second-order valence-corrected chi connectivity index (χ2v) is 7.32. The summed E-state index contributed by atoms with van der Waals surface area (Å²) in [5, 5.41) is 4.44. The monoisotopic (exact) mass is 399 g/mol. The van der Waals surface area contributed by atoms with Crippen molar-refractivity contribution in [1.82, 2.24) is 9.97 Å². The fourth-order valence-corrected chi connectivity index (χ4v) is 3.63. The molecule has 1 saturated carbocycles. The third kappa shape index (κ3) is 4.07. The maximum absolute atomic E-state index is 13.8. The summed E-state index contributed by atoms with van der Waals surface area (Å²) in [6, 6.07) is 9.61. The van der Waals surface area contributed by atoms with Crippen LogP contribution >= 0.6 is 11.6 Å². The molecule has 0 atom stereocenters. The van der Waals surface area contributed by atoms with Gasteiger partial charge >= 0.3 is 0 Å². The maximum atomic E-state index is 13.8. The number of carbonyl (C=O) groups excluding carboxylic acids is 1. The highest BCUT2D eigenvalue weighted by molar-refractivity contribution is 6.29. The molecule has 1 aromatic carbocycles. The first-order chi connectivity index (χ1) is 13.6. The molecular weight excluding hydrogens is 381 g/mol. The summed E-state index contributed by atoms with van der Waals surface area (Å²) in [5.41, 5.74) is 0.175. The minimum Gasteiger partial charge on any atom is -0.477 e. The summed E-state index contributed by atoms with van der Waals surface area (Å²) < 4.78 is 19.8. The lowest BCUT2D eigenvalue weighted by molar-refractivity contribution is 0.101. The van der Waals surface area contributed by atoms with Crippen LogP contribution in [0.25, 0.3) is 10.8 Å². The van der Waals surface area contributed by atoms with E-state index in [1.807, 2.05) is 12.1 Å². The van der Waals surface area contributed by atoms with Crippen LogP contribution in [0, 0.1) is 11.7 Å². The number of hydrogen-bond acceptors (Lipinski definition) is 4. The van der Waals surface area contributed by atoms with E-state index in [2.05, 4.69) is 15.3 Å². The number of aromatic nitrogens is 2. The number of rotatable bonds is 5. The van der Waals surface area contributed by atoms with Crippen molar-refractivity contribution < 1.29 is 13.9 Å². The molecule has 1 amide bonds. The van der Waals surface area contributed by atoms with E-state index >= 15 is 0 Å². The minimum atomic E-state index is -0.727. The molecule has 2 aromatic heterocycles. The molecule has 0 saturated heterocycles. The smallest absolute Gasteiger partial charge is 0.277 e. The third-order valence-corrected chi connectivity index (χ3v) is 5.15. The molecular formula is C21H19ClFN3O2. The van der Waals surface area contributed by atoms with Gasteiger partial charge in [-0.3, -0.25) is 4.79 Å². The summed E-state index contributed by atoms with van der Waals surface area (Å²) in [6.07, 6.45) is 6.62. The molecule has 0 aliphatic heterocycles. The van der Waals surface area contributed by atoms with Gasteiger partial charge in [-0.05, 0) is 60.5 Å². The van der Waals surface area contributed by atoms with Gasteiger partial charge in [-0.15, -0.1) is 0 Å². The summed E-state index contributed by atoms with van der Waals surface area (Å²) in [5.74, 6) is -0.207. The first kappa shape index (κ1) is 18.6. The Morgan fingerprint density at radius 3 is 2.86 bits per heavy atom. The molecule has 0 spiro atoms. The van der Waals surface area contributed by atoms with Crippen molar-refractivity contribution in [2.75, 3.05) is 11.9 Å². The van der Waals surface area contributed by atoms with Crippen LogP contribution in [0.15, 0.2) is 42.6 Å². The van der Waals surface area contributed by atoms with Crippen LogP contribution in [-0.2, 0) is 0 Å². The Bertz CT molecular complexity index is 1020. The van der Waals surface area contributed by atoms with Crippen molar-refractivity contribution in [3.8, 4) is 5.88 Å². The van der Waals surface area contributed by atoms with E-state index in [4.69, 9.17) is 16.3 Å². The molecule has 3 aromatic rings. The lowest BCUT2D eigenvalue weighted by Gasteiger charge is -2.13. The average Bonchev–Trinajstić information content (AvgIpc) is 3.21. The molecule has 0 unspecified atom stereocenters. The molecule has 1 aliphatic carbocycles. The molecule has 2 heterocycles. The van der Waals surface area contributed by atoms with Gasteiger partial charge in [0.05, 0.1) is 6.61 Å². The van der Waals surface area contributed by atoms with E-state index in [-0.39, 0.29) is 10.8 Å². The molecule has 1 N–H and O–H groups in total. The second-order valence-electron chi connectivity index (χ2n) is 6.93. The number of carbonyl (C=O) groups is 1.